The molecule has 0 spiro atoms. The lowest BCUT2D eigenvalue weighted by molar-refractivity contribution is -0.696. The molecule has 0 unspecified atom stereocenters. The molecule has 0 aromatic carbocycles. The van der Waals surface area contributed by atoms with Gasteiger partial charge in [-0.05, 0) is 25.8 Å². The van der Waals surface area contributed by atoms with Crippen molar-refractivity contribution >= 4 is 0 Å². The van der Waals surface area contributed by atoms with Crippen molar-refractivity contribution in [3.05, 3.63) is 18.7 Å². The Morgan fingerprint density at radius 3 is 2.50 bits per heavy atom. The fourth-order valence-corrected chi connectivity index (χ4v) is 2.05. The SMILES string of the molecule is CCCCCCCCn1cc[n+](CCCN)c1.[Br-]. The third-order valence-corrected chi connectivity index (χ3v) is 3.14. The van der Waals surface area contributed by atoms with Gasteiger partial charge in [-0.25, -0.2) is 9.13 Å². The van der Waals surface area contributed by atoms with Crippen LogP contribution < -0.4 is 27.3 Å². The van der Waals surface area contributed by atoms with Crippen LogP contribution in [0.25, 0.3) is 0 Å². The fraction of sp³-hybridized carbons (Fsp3) is 0.786. The Kier molecular flexibility index (Phi) is 11.5. The second-order valence-electron chi connectivity index (χ2n) is 4.80. The van der Waals surface area contributed by atoms with Crippen LogP contribution in [0, 0.1) is 0 Å². The topological polar surface area (TPSA) is 34.8 Å². The number of nitrogens with zero attached hydrogens (tertiary/aromatic N) is 2. The smallest absolute Gasteiger partial charge is 0.243 e. The first kappa shape index (κ1) is 17.6. The summed E-state index contributed by atoms with van der Waals surface area (Å²) in [4.78, 5) is 0. The molecule has 0 aliphatic heterocycles. The molecule has 1 heterocycles. The lowest BCUT2D eigenvalue weighted by Gasteiger charge is -1.98. The molecule has 106 valence electrons. The van der Waals surface area contributed by atoms with Crippen molar-refractivity contribution in [2.24, 2.45) is 5.73 Å². The summed E-state index contributed by atoms with van der Waals surface area (Å²) in [5.41, 5.74) is 5.50. The van der Waals surface area contributed by atoms with Crippen LogP contribution in [0.15, 0.2) is 18.7 Å². The maximum atomic E-state index is 5.50. The number of aryl methyl sites for hydroxylation is 2. The summed E-state index contributed by atoms with van der Waals surface area (Å²) in [6.07, 6.45) is 15.8. The number of hydrogen-bond donors (Lipinski definition) is 1. The third-order valence-electron chi connectivity index (χ3n) is 3.14. The molecule has 0 aliphatic rings. The maximum absolute atomic E-state index is 5.50. The molecule has 0 saturated heterocycles. The largest absolute Gasteiger partial charge is 1.00 e. The Hall–Kier alpha value is -0.350. The van der Waals surface area contributed by atoms with Crippen LogP contribution in [0.4, 0.5) is 0 Å². The van der Waals surface area contributed by atoms with Crippen LogP contribution in [0.1, 0.15) is 51.9 Å². The van der Waals surface area contributed by atoms with Gasteiger partial charge in [0.05, 0.1) is 13.1 Å². The summed E-state index contributed by atoms with van der Waals surface area (Å²) < 4.78 is 4.51. The zero-order valence-corrected chi connectivity index (χ0v) is 13.2. The second kappa shape index (κ2) is 11.7. The average molecular weight is 318 g/mol. The first-order valence-electron chi connectivity index (χ1n) is 7.11. The lowest BCUT2D eigenvalue weighted by Crippen LogP contribution is -3.00. The minimum Gasteiger partial charge on any atom is -1.00 e. The van der Waals surface area contributed by atoms with Crippen LogP contribution in [0.5, 0.6) is 0 Å². The molecule has 0 bridgehead atoms. The van der Waals surface area contributed by atoms with Crippen molar-refractivity contribution in [2.45, 2.75) is 65.0 Å². The molecule has 0 radical (unpaired) electrons. The summed E-state index contributed by atoms with van der Waals surface area (Å²) in [5.74, 6) is 0. The predicted molar refractivity (Wildman–Crippen MR) is 71.7 cm³/mol. The summed E-state index contributed by atoms with van der Waals surface area (Å²) in [6.45, 7) is 5.23. The van der Waals surface area contributed by atoms with E-state index >= 15 is 0 Å². The molecule has 2 N–H and O–H groups in total. The quantitative estimate of drug-likeness (QED) is 0.458. The molecular formula is C14H28BrN3. The highest BCUT2D eigenvalue weighted by Crippen LogP contribution is 2.05. The van der Waals surface area contributed by atoms with Crippen molar-refractivity contribution in [1.82, 2.24) is 4.57 Å². The number of aromatic nitrogens is 2. The van der Waals surface area contributed by atoms with Crippen LogP contribution in [-0.2, 0) is 13.1 Å². The Morgan fingerprint density at radius 2 is 1.78 bits per heavy atom. The summed E-state index contributed by atoms with van der Waals surface area (Å²) in [6, 6.07) is 0. The van der Waals surface area contributed by atoms with Gasteiger partial charge < -0.3 is 22.7 Å². The van der Waals surface area contributed by atoms with Gasteiger partial charge in [0.15, 0.2) is 0 Å². The Balaban J connectivity index is 0.00000289. The van der Waals surface area contributed by atoms with Crippen LogP contribution in [0.3, 0.4) is 0 Å². The molecule has 1 rings (SSSR count). The van der Waals surface area contributed by atoms with Gasteiger partial charge in [-0.2, -0.15) is 0 Å². The van der Waals surface area contributed by atoms with Gasteiger partial charge in [-0.1, -0.05) is 32.6 Å². The maximum Gasteiger partial charge on any atom is 0.243 e. The highest BCUT2D eigenvalue weighted by atomic mass is 79.9. The number of nitrogens with two attached hydrogens (primary N) is 1. The predicted octanol–water partition coefficient (Wildman–Crippen LogP) is -0.511. The van der Waals surface area contributed by atoms with E-state index in [1.54, 1.807) is 0 Å². The van der Waals surface area contributed by atoms with Crippen molar-refractivity contribution in [2.75, 3.05) is 6.54 Å². The second-order valence-corrected chi connectivity index (χ2v) is 4.80. The van der Waals surface area contributed by atoms with Crippen molar-refractivity contribution in [3.8, 4) is 0 Å². The van der Waals surface area contributed by atoms with Gasteiger partial charge in [0.2, 0.25) is 6.33 Å². The minimum absolute atomic E-state index is 0. The number of halogens is 1. The van der Waals surface area contributed by atoms with Gasteiger partial charge in [-0.15, -0.1) is 0 Å². The van der Waals surface area contributed by atoms with E-state index in [0.29, 0.717) is 0 Å². The van der Waals surface area contributed by atoms with E-state index in [1.807, 2.05) is 0 Å². The van der Waals surface area contributed by atoms with Crippen LogP contribution in [0.2, 0.25) is 0 Å². The molecule has 18 heavy (non-hydrogen) atoms. The number of unbranched alkanes of at least 4 members (excludes halogenated alkanes) is 5. The van der Waals surface area contributed by atoms with Crippen LogP contribution in [-0.4, -0.2) is 11.1 Å². The highest BCUT2D eigenvalue weighted by Gasteiger charge is 2.02. The zero-order chi connectivity index (χ0) is 12.3. The van der Waals surface area contributed by atoms with Crippen LogP contribution >= 0.6 is 0 Å². The minimum atomic E-state index is 0. The lowest BCUT2D eigenvalue weighted by atomic mass is 10.1. The highest BCUT2D eigenvalue weighted by molar-refractivity contribution is 4.66. The summed E-state index contributed by atoms with van der Waals surface area (Å²) >= 11 is 0. The van der Waals surface area contributed by atoms with Gasteiger partial charge in [0, 0.05) is 0 Å². The first-order valence-corrected chi connectivity index (χ1v) is 7.11. The van der Waals surface area contributed by atoms with Gasteiger partial charge in [0.25, 0.3) is 0 Å². The van der Waals surface area contributed by atoms with E-state index in [4.69, 9.17) is 5.73 Å². The van der Waals surface area contributed by atoms with E-state index in [9.17, 15) is 0 Å². The third kappa shape index (κ3) is 7.88. The zero-order valence-electron chi connectivity index (χ0n) is 11.7. The molecule has 0 atom stereocenters. The number of imidazole rings is 1. The van der Waals surface area contributed by atoms with Gasteiger partial charge in [0.1, 0.15) is 12.4 Å². The monoisotopic (exact) mass is 317 g/mol. The molecular weight excluding hydrogens is 290 g/mol. The molecule has 0 fully saturated rings. The van der Waals surface area contributed by atoms with E-state index in [1.165, 1.54) is 38.5 Å². The van der Waals surface area contributed by atoms with Gasteiger partial charge in [-0.3, -0.25) is 0 Å². The first-order chi connectivity index (χ1) is 8.36. The molecule has 3 nitrogen and oxygen atoms in total. The van der Waals surface area contributed by atoms with Gasteiger partial charge >= 0.3 is 0 Å². The molecule has 0 saturated carbocycles. The molecule has 1 aromatic heterocycles. The fourth-order valence-electron chi connectivity index (χ4n) is 2.05. The summed E-state index contributed by atoms with van der Waals surface area (Å²) in [5, 5.41) is 0. The molecule has 0 amide bonds. The molecule has 4 heteroatoms. The molecule has 1 aromatic rings. The number of rotatable bonds is 10. The van der Waals surface area contributed by atoms with E-state index < -0.39 is 0 Å². The standard InChI is InChI=1S/C14H28N3.BrH/c1-2-3-4-5-6-7-10-16-12-13-17(14-16)11-8-9-15;/h12-14H,2-11,15H2,1H3;1H/q+1;/p-1. The molecule has 0 aliphatic carbocycles. The Morgan fingerprint density at radius 1 is 1.06 bits per heavy atom. The Bertz CT molecular complexity index is 286. The number of hydrogen-bond acceptors (Lipinski definition) is 1. The van der Waals surface area contributed by atoms with Crippen molar-refractivity contribution < 1.29 is 21.5 Å². The van der Waals surface area contributed by atoms with E-state index in [2.05, 4.69) is 34.8 Å². The average Bonchev–Trinajstić information content (AvgIpc) is 2.79. The summed E-state index contributed by atoms with van der Waals surface area (Å²) in [7, 11) is 0. The van der Waals surface area contributed by atoms with E-state index in [-0.39, 0.29) is 17.0 Å². The Labute approximate surface area is 122 Å². The van der Waals surface area contributed by atoms with Crippen molar-refractivity contribution in [1.29, 1.82) is 0 Å². The van der Waals surface area contributed by atoms with E-state index in [0.717, 1.165) is 26.1 Å². The van der Waals surface area contributed by atoms with Crippen molar-refractivity contribution in [3.63, 3.8) is 0 Å². The normalized spacial score (nSPS) is 10.3.